The van der Waals surface area contributed by atoms with Crippen molar-refractivity contribution in [3.8, 4) is 0 Å². The van der Waals surface area contributed by atoms with Crippen LogP contribution in [0.25, 0.3) is 0 Å². The van der Waals surface area contributed by atoms with Crippen molar-refractivity contribution < 1.29 is 8.42 Å². The highest BCUT2D eigenvalue weighted by Gasteiger charge is 2.28. The molecule has 0 heterocycles. The maximum Gasteiger partial charge on any atom is 0.155 e. The molecule has 1 fully saturated rings. The molecule has 0 radical (unpaired) electrons. The van der Waals surface area contributed by atoms with Crippen LogP contribution in [0.15, 0.2) is 0 Å². The van der Waals surface area contributed by atoms with Crippen LogP contribution in [0.3, 0.4) is 0 Å². The molecule has 0 unspecified atom stereocenters. The van der Waals surface area contributed by atoms with E-state index < -0.39 is 14.6 Å². The molecule has 1 saturated carbocycles. The second-order valence-electron chi connectivity index (χ2n) is 5.37. The van der Waals surface area contributed by atoms with E-state index in [0.29, 0.717) is 5.75 Å². The van der Waals surface area contributed by atoms with Gasteiger partial charge in [-0.1, -0.05) is 0 Å². The Morgan fingerprint density at radius 3 is 2.27 bits per heavy atom. The van der Waals surface area contributed by atoms with Crippen LogP contribution < -0.4 is 5.32 Å². The Hall–Kier alpha value is -0.0900. The van der Waals surface area contributed by atoms with E-state index in [2.05, 4.69) is 5.32 Å². The SMILES string of the molecule is CC(C)(C)S(=O)(=O)CCCCNC1CC1. The van der Waals surface area contributed by atoms with Crippen molar-refractivity contribution in [3.05, 3.63) is 0 Å². The summed E-state index contributed by atoms with van der Waals surface area (Å²) in [6, 6.07) is 0.726. The lowest BCUT2D eigenvalue weighted by molar-refractivity contribution is 0.553. The van der Waals surface area contributed by atoms with Gasteiger partial charge in [0.15, 0.2) is 9.84 Å². The minimum absolute atomic E-state index is 0.322. The van der Waals surface area contributed by atoms with Gasteiger partial charge in [-0.25, -0.2) is 8.42 Å². The van der Waals surface area contributed by atoms with Gasteiger partial charge in [-0.3, -0.25) is 0 Å². The van der Waals surface area contributed by atoms with E-state index in [1.54, 1.807) is 20.8 Å². The van der Waals surface area contributed by atoms with Crippen LogP contribution in [0.5, 0.6) is 0 Å². The molecule has 15 heavy (non-hydrogen) atoms. The summed E-state index contributed by atoms with van der Waals surface area (Å²) < 4.78 is 22.9. The Kier molecular flexibility index (Phi) is 4.18. The first-order chi connectivity index (χ1) is 6.83. The fourth-order valence-corrected chi connectivity index (χ4v) is 2.51. The van der Waals surface area contributed by atoms with Crippen molar-refractivity contribution in [2.75, 3.05) is 12.3 Å². The predicted octanol–water partition coefficient (Wildman–Crippen LogP) is 1.73. The zero-order valence-corrected chi connectivity index (χ0v) is 10.9. The summed E-state index contributed by atoms with van der Waals surface area (Å²) in [5, 5.41) is 3.39. The van der Waals surface area contributed by atoms with E-state index in [9.17, 15) is 8.42 Å². The van der Waals surface area contributed by atoms with E-state index in [4.69, 9.17) is 0 Å². The molecule has 4 heteroatoms. The highest BCUT2D eigenvalue weighted by molar-refractivity contribution is 7.92. The fraction of sp³-hybridized carbons (Fsp3) is 1.00. The van der Waals surface area contributed by atoms with Gasteiger partial charge in [0.05, 0.1) is 10.5 Å². The van der Waals surface area contributed by atoms with E-state index in [0.717, 1.165) is 25.4 Å². The number of rotatable bonds is 6. The maximum absolute atomic E-state index is 11.7. The zero-order chi connectivity index (χ0) is 11.5. The summed E-state index contributed by atoms with van der Waals surface area (Å²) in [6.45, 7) is 6.27. The molecule has 0 saturated heterocycles. The van der Waals surface area contributed by atoms with Crippen LogP contribution in [-0.2, 0) is 9.84 Å². The lowest BCUT2D eigenvalue weighted by Crippen LogP contribution is -2.30. The zero-order valence-electron chi connectivity index (χ0n) is 10.0. The minimum atomic E-state index is -2.91. The van der Waals surface area contributed by atoms with Gasteiger partial charge < -0.3 is 5.32 Å². The smallest absolute Gasteiger partial charge is 0.155 e. The first-order valence-electron chi connectivity index (χ1n) is 5.78. The Bertz CT molecular complexity index is 286. The van der Waals surface area contributed by atoms with Crippen LogP contribution in [0.4, 0.5) is 0 Å². The molecule has 0 aromatic heterocycles. The number of hydrogen-bond acceptors (Lipinski definition) is 3. The summed E-state index contributed by atoms with van der Waals surface area (Å²) in [4.78, 5) is 0. The van der Waals surface area contributed by atoms with Gasteiger partial charge in [-0.15, -0.1) is 0 Å². The molecule has 0 atom stereocenters. The van der Waals surface area contributed by atoms with E-state index in [-0.39, 0.29) is 0 Å². The lowest BCUT2D eigenvalue weighted by Gasteiger charge is -2.18. The average molecular weight is 233 g/mol. The largest absolute Gasteiger partial charge is 0.314 e. The monoisotopic (exact) mass is 233 g/mol. The van der Waals surface area contributed by atoms with Gasteiger partial charge in [0.1, 0.15) is 0 Å². The number of sulfone groups is 1. The molecule has 0 aromatic rings. The molecular formula is C11H23NO2S. The van der Waals surface area contributed by atoms with Crippen molar-refractivity contribution in [1.82, 2.24) is 5.32 Å². The van der Waals surface area contributed by atoms with Crippen molar-refractivity contribution in [1.29, 1.82) is 0 Å². The molecule has 0 bridgehead atoms. The molecule has 1 rings (SSSR count). The second kappa shape index (κ2) is 4.83. The minimum Gasteiger partial charge on any atom is -0.314 e. The molecular weight excluding hydrogens is 210 g/mol. The van der Waals surface area contributed by atoms with Crippen LogP contribution in [0.2, 0.25) is 0 Å². The molecule has 90 valence electrons. The van der Waals surface area contributed by atoms with Crippen molar-refractivity contribution >= 4 is 9.84 Å². The van der Waals surface area contributed by atoms with Crippen LogP contribution >= 0.6 is 0 Å². The molecule has 1 N–H and O–H groups in total. The van der Waals surface area contributed by atoms with Gasteiger partial charge in [-0.2, -0.15) is 0 Å². The standard InChI is InChI=1S/C11H23NO2S/c1-11(2,3)15(13,14)9-5-4-8-12-10-6-7-10/h10,12H,4-9H2,1-3H3. The predicted molar refractivity (Wildman–Crippen MR) is 63.8 cm³/mol. The van der Waals surface area contributed by atoms with Crippen molar-refractivity contribution in [3.63, 3.8) is 0 Å². The third-order valence-corrected chi connectivity index (χ3v) is 5.48. The topological polar surface area (TPSA) is 46.2 Å². The first kappa shape index (κ1) is 13.0. The first-order valence-corrected chi connectivity index (χ1v) is 7.44. The molecule has 3 nitrogen and oxygen atoms in total. The van der Waals surface area contributed by atoms with Gasteiger partial charge in [-0.05, 0) is 53.0 Å². The molecule has 1 aliphatic rings. The van der Waals surface area contributed by atoms with Crippen LogP contribution in [0.1, 0.15) is 46.5 Å². The Morgan fingerprint density at radius 1 is 1.20 bits per heavy atom. The summed E-state index contributed by atoms with van der Waals surface area (Å²) in [5.41, 5.74) is 0. The Morgan fingerprint density at radius 2 is 1.80 bits per heavy atom. The summed E-state index contributed by atoms with van der Waals surface area (Å²) in [5.74, 6) is 0.322. The Labute approximate surface area is 93.6 Å². The van der Waals surface area contributed by atoms with Crippen LogP contribution in [0, 0.1) is 0 Å². The quantitative estimate of drug-likeness (QED) is 0.711. The molecule has 0 amide bonds. The third-order valence-electron chi connectivity index (χ3n) is 2.78. The average Bonchev–Trinajstić information content (AvgIpc) is 2.85. The van der Waals surface area contributed by atoms with Crippen LogP contribution in [-0.4, -0.2) is 31.5 Å². The molecule has 0 aromatic carbocycles. The molecule has 1 aliphatic carbocycles. The Balaban J connectivity index is 2.12. The molecule has 0 aliphatic heterocycles. The second-order valence-corrected chi connectivity index (χ2v) is 8.23. The highest BCUT2D eigenvalue weighted by atomic mass is 32.2. The summed E-state index contributed by atoms with van der Waals surface area (Å²) >= 11 is 0. The fourth-order valence-electron chi connectivity index (χ4n) is 1.32. The third kappa shape index (κ3) is 4.51. The maximum atomic E-state index is 11.7. The number of hydrogen-bond donors (Lipinski definition) is 1. The van der Waals surface area contributed by atoms with Gasteiger partial charge in [0.25, 0.3) is 0 Å². The number of nitrogens with one attached hydrogen (secondary N) is 1. The van der Waals surface area contributed by atoms with Gasteiger partial charge in [0, 0.05) is 6.04 Å². The van der Waals surface area contributed by atoms with E-state index >= 15 is 0 Å². The summed E-state index contributed by atoms with van der Waals surface area (Å²) in [7, 11) is -2.91. The summed E-state index contributed by atoms with van der Waals surface area (Å²) in [6.07, 6.45) is 4.33. The van der Waals surface area contributed by atoms with Gasteiger partial charge in [0.2, 0.25) is 0 Å². The normalized spacial score (nSPS) is 18.1. The van der Waals surface area contributed by atoms with E-state index in [1.807, 2.05) is 0 Å². The van der Waals surface area contributed by atoms with E-state index in [1.165, 1.54) is 12.8 Å². The highest BCUT2D eigenvalue weighted by Crippen LogP contribution is 2.19. The lowest BCUT2D eigenvalue weighted by atomic mass is 10.3. The molecule has 0 spiro atoms. The number of unbranched alkanes of at least 4 members (excludes halogenated alkanes) is 1. The van der Waals surface area contributed by atoms with Crippen molar-refractivity contribution in [2.45, 2.75) is 57.2 Å². The van der Waals surface area contributed by atoms with Crippen molar-refractivity contribution in [2.24, 2.45) is 0 Å². The van der Waals surface area contributed by atoms with Gasteiger partial charge >= 0.3 is 0 Å².